The highest BCUT2D eigenvalue weighted by molar-refractivity contribution is 6.46. The number of esters is 2. The van der Waals surface area contributed by atoms with E-state index in [1.165, 1.54) is 0 Å². The summed E-state index contributed by atoms with van der Waals surface area (Å²) in [6.07, 6.45) is 2.52. The third kappa shape index (κ3) is 6.06. The lowest BCUT2D eigenvalue weighted by atomic mass is 10.0. The molecule has 0 saturated heterocycles. The van der Waals surface area contributed by atoms with Crippen molar-refractivity contribution in [3.8, 4) is 5.75 Å². The molecule has 0 fully saturated rings. The van der Waals surface area contributed by atoms with E-state index in [-0.39, 0.29) is 21.7 Å². The first-order chi connectivity index (χ1) is 11.7. The molecule has 1 N–H and O–H groups in total. The minimum atomic E-state index is -1.85. The van der Waals surface area contributed by atoms with Crippen molar-refractivity contribution in [2.45, 2.75) is 33.1 Å². The molecular formula is C16H17Cl3O6. The van der Waals surface area contributed by atoms with Crippen molar-refractivity contribution < 1.29 is 29.0 Å². The van der Waals surface area contributed by atoms with Crippen molar-refractivity contribution in [3.05, 3.63) is 26.7 Å². The predicted molar refractivity (Wildman–Crippen MR) is 93.7 cm³/mol. The maximum Gasteiger partial charge on any atom is 0.422 e. The van der Waals surface area contributed by atoms with Gasteiger partial charge in [-0.1, -0.05) is 55.1 Å². The lowest BCUT2D eigenvalue weighted by Gasteiger charge is -2.14. The van der Waals surface area contributed by atoms with Crippen LogP contribution in [0.2, 0.25) is 15.1 Å². The van der Waals surface area contributed by atoms with Crippen LogP contribution in [0.15, 0.2) is 6.07 Å². The number of carbonyl (C=O) groups excluding carboxylic acids is 2. The SMILES string of the molecule is CCC(C)CCCOC(=O)c1c(Cl)c(Cl)cc(Cl)c1OC(=O)C(=O)O. The molecule has 0 amide bonds. The van der Waals surface area contributed by atoms with E-state index in [0.717, 1.165) is 18.9 Å². The second kappa shape index (κ2) is 9.85. The summed E-state index contributed by atoms with van der Waals surface area (Å²) in [5.41, 5.74) is -0.391. The van der Waals surface area contributed by atoms with Gasteiger partial charge in [0.25, 0.3) is 0 Å². The lowest BCUT2D eigenvalue weighted by Crippen LogP contribution is -2.21. The number of hydrogen-bond donors (Lipinski definition) is 1. The van der Waals surface area contributed by atoms with Gasteiger partial charge in [-0.2, -0.15) is 0 Å². The van der Waals surface area contributed by atoms with Crippen molar-refractivity contribution in [2.75, 3.05) is 6.61 Å². The molecule has 0 aliphatic carbocycles. The maximum absolute atomic E-state index is 12.3. The van der Waals surface area contributed by atoms with Gasteiger partial charge in [-0.15, -0.1) is 0 Å². The Morgan fingerprint density at radius 3 is 2.40 bits per heavy atom. The van der Waals surface area contributed by atoms with E-state index in [1.54, 1.807) is 0 Å². The summed E-state index contributed by atoms with van der Waals surface area (Å²) in [5, 5.41) is 8.10. The molecule has 138 valence electrons. The first-order valence-corrected chi connectivity index (χ1v) is 8.62. The fourth-order valence-corrected chi connectivity index (χ4v) is 2.59. The van der Waals surface area contributed by atoms with Crippen LogP contribution in [0.25, 0.3) is 0 Å². The van der Waals surface area contributed by atoms with Crippen LogP contribution in [-0.2, 0) is 14.3 Å². The van der Waals surface area contributed by atoms with Gasteiger partial charge in [0.15, 0.2) is 5.75 Å². The Morgan fingerprint density at radius 1 is 1.20 bits per heavy atom. The van der Waals surface area contributed by atoms with Crippen LogP contribution in [0, 0.1) is 5.92 Å². The van der Waals surface area contributed by atoms with Gasteiger partial charge in [0, 0.05) is 0 Å². The van der Waals surface area contributed by atoms with Crippen molar-refractivity contribution >= 4 is 52.7 Å². The number of hydrogen-bond acceptors (Lipinski definition) is 5. The van der Waals surface area contributed by atoms with Gasteiger partial charge in [-0.05, 0) is 24.8 Å². The smallest absolute Gasteiger partial charge is 0.422 e. The summed E-state index contributed by atoms with van der Waals surface area (Å²) in [6.45, 7) is 4.27. The molecule has 9 heteroatoms. The van der Waals surface area contributed by atoms with Gasteiger partial charge in [0.05, 0.1) is 21.7 Å². The Labute approximate surface area is 159 Å². The molecule has 1 aromatic carbocycles. The summed E-state index contributed by atoms with van der Waals surface area (Å²) in [5.74, 6) is -4.39. The van der Waals surface area contributed by atoms with E-state index in [1.807, 2.05) is 0 Å². The summed E-state index contributed by atoms with van der Waals surface area (Å²) in [6, 6.07) is 1.13. The number of aliphatic carboxylic acids is 1. The summed E-state index contributed by atoms with van der Waals surface area (Å²) in [4.78, 5) is 34.2. The Bertz CT molecular complexity index is 674. The second-order valence-electron chi connectivity index (χ2n) is 5.34. The monoisotopic (exact) mass is 410 g/mol. The largest absolute Gasteiger partial charge is 0.473 e. The Kier molecular flexibility index (Phi) is 8.48. The standard InChI is InChI=1S/C16H17Cl3O6/c1-3-8(2)5-4-6-24-15(22)11-12(19)9(17)7-10(18)13(11)25-16(23)14(20)21/h7-8H,3-6H2,1-2H3,(H,20,21). The molecule has 0 saturated carbocycles. The molecule has 0 bridgehead atoms. The number of benzene rings is 1. The van der Waals surface area contributed by atoms with E-state index >= 15 is 0 Å². The van der Waals surface area contributed by atoms with Gasteiger partial charge in [-0.3, -0.25) is 0 Å². The first-order valence-electron chi connectivity index (χ1n) is 7.48. The van der Waals surface area contributed by atoms with E-state index in [2.05, 4.69) is 18.6 Å². The highest BCUT2D eigenvalue weighted by Crippen LogP contribution is 2.39. The minimum Gasteiger partial charge on any atom is -0.473 e. The normalized spacial score (nSPS) is 11.7. The molecule has 0 heterocycles. The molecule has 1 unspecified atom stereocenters. The number of carbonyl (C=O) groups is 3. The Morgan fingerprint density at radius 2 is 1.84 bits per heavy atom. The number of carboxylic acid groups (broad SMARTS) is 1. The zero-order chi connectivity index (χ0) is 19.1. The molecule has 6 nitrogen and oxygen atoms in total. The van der Waals surface area contributed by atoms with Gasteiger partial charge in [0.1, 0.15) is 5.56 Å². The summed E-state index contributed by atoms with van der Waals surface area (Å²) in [7, 11) is 0. The second-order valence-corrected chi connectivity index (χ2v) is 6.54. The number of ether oxygens (including phenoxy) is 2. The highest BCUT2D eigenvalue weighted by atomic mass is 35.5. The van der Waals surface area contributed by atoms with Gasteiger partial charge in [0.2, 0.25) is 0 Å². The zero-order valence-electron chi connectivity index (χ0n) is 13.6. The van der Waals surface area contributed by atoms with Crippen molar-refractivity contribution in [1.29, 1.82) is 0 Å². The van der Waals surface area contributed by atoms with Gasteiger partial charge < -0.3 is 14.6 Å². The van der Waals surface area contributed by atoms with Gasteiger partial charge in [-0.25, -0.2) is 14.4 Å². The fraction of sp³-hybridized carbons (Fsp3) is 0.438. The molecule has 0 aliphatic rings. The zero-order valence-corrected chi connectivity index (χ0v) is 15.9. The molecule has 0 aromatic heterocycles. The van der Waals surface area contributed by atoms with Crippen molar-refractivity contribution in [2.24, 2.45) is 5.92 Å². The third-order valence-electron chi connectivity index (χ3n) is 3.47. The molecule has 0 radical (unpaired) electrons. The average molecular weight is 412 g/mol. The maximum atomic E-state index is 12.3. The number of carboxylic acids is 1. The van der Waals surface area contributed by atoms with Crippen LogP contribution in [0.4, 0.5) is 0 Å². The van der Waals surface area contributed by atoms with Crippen molar-refractivity contribution in [3.63, 3.8) is 0 Å². The molecule has 1 aromatic rings. The lowest BCUT2D eigenvalue weighted by molar-refractivity contribution is -0.158. The molecular weight excluding hydrogens is 395 g/mol. The van der Waals surface area contributed by atoms with E-state index in [0.29, 0.717) is 12.3 Å². The molecule has 1 rings (SSSR count). The molecule has 25 heavy (non-hydrogen) atoms. The van der Waals surface area contributed by atoms with E-state index in [4.69, 9.17) is 44.6 Å². The van der Waals surface area contributed by atoms with Gasteiger partial charge >= 0.3 is 17.9 Å². The third-order valence-corrected chi connectivity index (χ3v) is 4.54. The fourth-order valence-electron chi connectivity index (χ4n) is 1.87. The van der Waals surface area contributed by atoms with Crippen LogP contribution in [-0.4, -0.2) is 29.6 Å². The predicted octanol–water partition coefficient (Wildman–Crippen LogP) is 4.62. The molecule has 0 aliphatic heterocycles. The average Bonchev–Trinajstić information content (AvgIpc) is 2.55. The molecule has 0 spiro atoms. The Balaban J connectivity index is 3.00. The van der Waals surface area contributed by atoms with Crippen LogP contribution in [0.3, 0.4) is 0 Å². The van der Waals surface area contributed by atoms with E-state index in [9.17, 15) is 14.4 Å². The number of halogens is 3. The number of rotatable bonds is 7. The topological polar surface area (TPSA) is 89.9 Å². The first kappa shape index (κ1) is 21.5. The Hall–Kier alpha value is -1.50. The summed E-state index contributed by atoms with van der Waals surface area (Å²) >= 11 is 17.8. The van der Waals surface area contributed by atoms with Crippen molar-refractivity contribution in [1.82, 2.24) is 0 Å². The van der Waals surface area contributed by atoms with Crippen LogP contribution in [0.5, 0.6) is 5.75 Å². The highest BCUT2D eigenvalue weighted by Gasteiger charge is 2.27. The summed E-state index contributed by atoms with van der Waals surface area (Å²) < 4.78 is 9.76. The van der Waals surface area contributed by atoms with Crippen LogP contribution >= 0.6 is 34.8 Å². The van der Waals surface area contributed by atoms with Crippen LogP contribution in [0.1, 0.15) is 43.5 Å². The van der Waals surface area contributed by atoms with Crippen LogP contribution < -0.4 is 4.74 Å². The quantitative estimate of drug-likeness (QED) is 0.231. The molecule has 1 atom stereocenters. The van der Waals surface area contributed by atoms with E-state index < -0.39 is 29.2 Å². The minimum absolute atomic E-state index is 0.0617.